The molecule has 0 radical (unpaired) electrons. The van der Waals surface area contributed by atoms with Crippen LogP contribution in [0, 0.1) is 16.7 Å². The largest absolute Gasteiger partial charge is 0.395 e. The van der Waals surface area contributed by atoms with E-state index in [1.54, 1.807) is 0 Å². The molecule has 2 saturated carbocycles. The summed E-state index contributed by atoms with van der Waals surface area (Å²) >= 11 is 0. The van der Waals surface area contributed by atoms with Gasteiger partial charge >= 0.3 is 0 Å². The first kappa shape index (κ1) is 12.4. The molecule has 0 aliphatic heterocycles. The molecule has 2 aliphatic rings. The fraction of sp³-hybridized carbons (Fsp3) is 1.00. The van der Waals surface area contributed by atoms with E-state index in [0.29, 0.717) is 16.9 Å². The highest BCUT2D eigenvalue weighted by Crippen LogP contribution is 2.62. The van der Waals surface area contributed by atoms with Gasteiger partial charge in [-0.1, -0.05) is 27.7 Å². The third-order valence-corrected chi connectivity index (χ3v) is 5.39. The Labute approximate surface area is 99.8 Å². The van der Waals surface area contributed by atoms with Crippen LogP contribution in [0.5, 0.6) is 0 Å². The minimum Gasteiger partial charge on any atom is -0.395 e. The van der Waals surface area contributed by atoms with E-state index in [-0.39, 0.29) is 12.6 Å². The molecule has 0 saturated heterocycles. The van der Waals surface area contributed by atoms with Crippen molar-refractivity contribution in [2.45, 2.75) is 65.5 Å². The lowest BCUT2D eigenvalue weighted by Gasteiger charge is -2.44. The van der Waals surface area contributed by atoms with E-state index in [1.807, 2.05) is 0 Å². The number of hydrogen-bond donors (Lipinski definition) is 2. The summed E-state index contributed by atoms with van der Waals surface area (Å²) in [4.78, 5) is 0. The van der Waals surface area contributed by atoms with Gasteiger partial charge in [-0.15, -0.1) is 0 Å². The lowest BCUT2D eigenvalue weighted by Crippen LogP contribution is -2.54. The van der Waals surface area contributed by atoms with Crippen LogP contribution in [-0.2, 0) is 0 Å². The highest BCUT2D eigenvalue weighted by molar-refractivity contribution is 5.12. The summed E-state index contributed by atoms with van der Waals surface area (Å²) in [5.74, 6) is 0.881. The summed E-state index contributed by atoms with van der Waals surface area (Å²) in [5, 5.41) is 13.1. The molecule has 0 heterocycles. The van der Waals surface area contributed by atoms with Crippen LogP contribution in [0.4, 0.5) is 0 Å². The van der Waals surface area contributed by atoms with Crippen molar-refractivity contribution in [1.82, 2.24) is 5.32 Å². The summed E-state index contributed by atoms with van der Waals surface area (Å²) < 4.78 is 0. The van der Waals surface area contributed by atoms with E-state index >= 15 is 0 Å². The summed E-state index contributed by atoms with van der Waals surface area (Å²) in [6, 6.07) is 0.858. The van der Waals surface area contributed by atoms with Crippen LogP contribution in [-0.4, -0.2) is 23.8 Å². The molecule has 0 aromatic rings. The van der Waals surface area contributed by atoms with Crippen LogP contribution in [0.15, 0.2) is 0 Å². The van der Waals surface area contributed by atoms with Crippen molar-refractivity contribution in [3.05, 3.63) is 0 Å². The van der Waals surface area contributed by atoms with E-state index < -0.39 is 0 Å². The lowest BCUT2D eigenvalue weighted by atomic mass is 9.68. The van der Waals surface area contributed by atoms with Crippen molar-refractivity contribution >= 4 is 0 Å². The van der Waals surface area contributed by atoms with Crippen LogP contribution >= 0.6 is 0 Å². The third-order valence-electron chi connectivity index (χ3n) is 5.39. The average Bonchev–Trinajstić information content (AvgIpc) is 2.69. The molecule has 2 aliphatic carbocycles. The van der Waals surface area contributed by atoms with E-state index in [4.69, 9.17) is 0 Å². The Morgan fingerprint density at radius 3 is 2.50 bits per heavy atom. The Kier molecular flexibility index (Phi) is 3.09. The van der Waals surface area contributed by atoms with Gasteiger partial charge in [0.25, 0.3) is 0 Å². The van der Waals surface area contributed by atoms with Gasteiger partial charge in [-0.2, -0.15) is 0 Å². The molecule has 4 atom stereocenters. The van der Waals surface area contributed by atoms with Crippen LogP contribution < -0.4 is 5.32 Å². The molecule has 0 aromatic heterocycles. The quantitative estimate of drug-likeness (QED) is 0.770. The standard InChI is InChI=1S/C14H27NO/c1-5-11(9-16)15-12-13(2,3)10-6-7-14(12,4)8-10/h10-12,15-16H,5-9H2,1-4H3/t10?,11-,12?,14?/m0/s1. The molecule has 2 heteroatoms. The molecule has 2 rings (SSSR count). The number of aliphatic hydroxyl groups excluding tert-OH is 1. The summed E-state index contributed by atoms with van der Waals surface area (Å²) in [7, 11) is 0. The van der Waals surface area contributed by atoms with Gasteiger partial charge in [0.2, 0.25) is 0 Å². The molecule has 0 amide bonds. The fourth-order valence-electron chi connectivity index (χ4n) is 4.25. The molecule has 16 heavy (non-hydrogen) atoms. The predicted molar refractivity (Wildman–Crippen MR) is 67.3 cm³/mol. The van der Waals surface area contributed by atoms with Gasteiger partial charge in [-0.05, 0) is 42.4 Å². The Bertz CT molecular complexity index is 255. The van der Waals surface area contributed by atoms with Gasteiger partial charge in [0.15, 0.2) is 0 Å². The molecule has 2 fully saturated rings. The van der Waals surface area contributed by atoms with Gasteiger partial charge in [-0.25, -0.2) is 0 Å². The number of rotatable bonds is 4. The number of fused-ring (bicyclic) bond motifs is 2. The maximum absolute atomic E-state index is 9.35. The van der Waals surface area contributed by atoms with Gasteiger partial charge in [0, 0.05) is 12.1 Å². The zero-order chi connectivity index (χ0) is 12.0. The maximum Gasteiger partial charge on any atom is 0.0584 e. The molecule has 94 valence electrons. The van der Waals surface area contributed by atoms with Gasteiger partial charge in [-0.3, -0.25) is 0 Å². The molecule has 0 spiro atoms. The van der Waals surface area contributed by atoms with Crippen molar-refractivity contribution in [1.29, 1.82) is 0 Å². The SMILES string of the molecule is CC[C@@H](CO)NC1C2(C)CCC(C2)C1(C)C. The van der Waals surface area contributed by atoms with Crippen LogP contribution in [0.3, 0.4) is 0 Å². The molecular weight excluding hydrogens is 198 g/mol. The van der Waals surface area contributed by atoms with E-state index in [9.17, 15) is 5.11 Å². The second kappa shape index (κ2) is 3.99. The number of hydrogen-bond acceptors (Lipinski definition) is 2. The van der Waals surface area contributed by atoms with Crippen LogP contribution in [0.25, 0.3) is 0 Å². The Balaban J connectivity index is 2.13. The second-order valence-corrected chi connectivity index (χ2v) is 6.80. The van der Waals surface area contributed by atoms with Crippen molar-refractivity contribution in [3.63, 3.8) is 0 Å². The van der Waals surface area contributed by atoms with E-state index in [1.165, 1.54) is 19.3 Å². The van der Waals surface area contributed by atoms with Gasteiger partial charge in [0.05, 0.1) is 6.61 Å². The predicted octanol–water partition coefficient (Wildman–Crippen LogP) is 2.56. The Morgan fingerprint density at radius 1 is 1.38 bits per heavy atom. The monoisotopic (exact) mass is 225 g/mol. The normalized spacial score (nSPS) is 42.6. The zero-order valence-electron chi connectivity index (χ0n) is 11.2. The summed E-state index contributed by atoms with van der Waals surface area (Å²) in [5.41, 5.74) is 0.867. The second-order valence-electron chi connectivity index (χ2n) is 6.80. The molecule has 2 bridgehead atoms. The maximum atomic E-state index is 9.35. The minimum atomic E-state index is 0.268. The first-order valence-electron chi connectivity index (χ1n) is 6.81. The van der Waals surface area contributed by atoms with Gasteiger partial charge in [0.1, 0.15) is 0 Å². The van der Waals surface area contributed by atoms with Crippen molar-refractivity contribution in [3.8, 4) is 0 Å². The number of aliphatic hydroxyl groups is 1. The van der Waals surface area contributed by atoms with Crippen molar-refractivity contribution in [2.75, 3.05) is 6.61 Å². The highest BCUT2D eigenvalue weighted by atomic mass is 16.3. The zero-order valence-corrected chi connectivity index (χ0v) is 11.2. The van der Waals surface area contributed by atoms with Crippen molar-refractivity contribution in [2.24, 2.45) is 16.7 Å². The first-order chi connectivity index (χ1) is 7.44. The number of nitrogens with one attached hydrogen (secondary N) is 1. The van der Waals surface area contributed by atoms with Gasteiger partial charge < -0.3 is 10.4 Å². The summed E-state index contributed by atoms with van der Waals surface area (Å²) in [6.45, 7) is 9.66. The fourth-order valence-corrected chi connectivity index (χ4v) is 4.25. The van der Waals surface area contributed by atoms with Crippen LogP contribution in [0.2, 0.25) is 0 Å². The Hall–Kier alpha value is -0.0800. The van der Waals surface area contributed by atoms with Crippen molar-refractivity contribution < 1.29 is 5.11 Å². The first-order valence-corrected chi connectivity index (χ1v) is 6.81. The average molecular weight is 225 g/mol. The lowest BCUT2D eigenvalue weighted by molar-refractivity contribution is 0.0860. The third kappa shape index (κ3) is 1.70. The molecule has 3 unspecified atom stereocenters. The van der Waals surface area contributed by atoms with E-state index in [2.05, 4.69) is 33.0 Å². The Morgan fingerprint density at radius 2 is 2.06 bits per heavy atom. The molecular formula is C14H27NO. The molecule has 2 nitrogen and oxygen atoms in total. The molecule has 0 aromatic carbocycles. The summed E-state index contributed by atoms with van der Waals surface area (Å²) in [6.07, 6.45) is 5.15. The minimum absolute atomic E-state index is 0.268. The highest BCUT2D eigenvalue weighted by Gasteiger charge is 2.59. The molecule has 2 N–H and O–H groups in total. The van der Waals surface area contributed by atoms with Crippen LogP contribution in [0.1, 0.15) is 53.4 Å². The smallest absolute Gasteiger partial charge is 0.0584 e. The van der Waals surface area contributed by atoms with E-state index in [0.717, 1.165) is 12.3 Å². The topological polar surface area (TPSA) is 32.3 Å².